The van der Waals surface area contributed by atoms with E-state index in [0.717, 1.165) is 19.3 Å². The van der Waals surface area contributed by atoms with E-state index in [9.17, 15) is 14.0 Å². The van der Waals surface area contributed by atoms with Crippen LogP contribution in [0.4, 0.5) is 14.9 Å². The highest BCUT2D eigenvalue weighted by Gasteiger charge is 2.29. The summed E-state index contributed by atoms with van der Waals surface area (Å²) < 4.78 is 14.1. The van der Waals surface area contributed by atoms with E-state index in [1.54, 1.807) is 0 Å². The lowest BCUT2D eigenvalue weighted by Crippen LogP contribution is -2.40. The molecule has 1 aliphatic carbocycles. The van der Waals surface area contributed by atoms with Crippen LogP contribution < -0.4 is 21.3 Å². The normalized spacial score (nSPS) is 23.9. The Bertz CT molecular complexity index is 622. The summed E-state index contributed by atoms with van der Waals surface area (Å²) in [6.45, 7) is 1.56. The number of rotatable bonds is 4. The van der Waals surface area contributed by atoms with E-state index < -0.39 is 11.7 Å². The van der Waals surface area contributed by atoms with E-state index >= 15 is 0 Å². The molecule has 0 spiro atoms. The Kier molecular flexibility index (Phi) is 4.47. The fourth-order valence-corrected chi connectivity index (χ4v) is 3.33. The van der Waals surface area contributed by atoms with Crippen LogP contribution >= 0.6 is 0 Å². The first-order valence-corrected chi connectivity index (χ1v) is 7.96. The van der Waals surface area contributed by atoms with Crippen LogP contribution in [0, 0.1) is 11.7 Å². The topological polar surface area (TPSA) is 87.5 Å². The highest BCUT2D eigenvalue weighted by Crippen LogP contribution is 2.26. The predicted octanol–water partition coefficient (Wildman–Crippen LogP) is 1.21. The van der Waals surface area contributed by atoms with Crippen LogP contribution in [0.5, 0.6) is 0 Å². The summed E-state index contributed by atoms with van der Waals surface area (Å²) in [6, 6.07) is 3.93. The van der Waals surface area contributed by atoms with Gasteiger partial charge in [0.2, 0.25) is 0 Å². The van der Waals surface area contributed by atoms with Crippen molar-refractivity contribution in [3.05, 3.63) is 29.6 Å². The maximum atomic E-state index is 14.1. The lowest BCUT2D eigenvalue weighted by molar-refractivity contribution is 0.0924. The van der Waals surface area contributed by atoms with E-state index in [4.69, 9.17) is 5.73 Å². The van der Waals surface area contributed by atoms with Crippen LogP contribution in [-0.2, 0) is 0 Å². The molecule has 1 aliphatic heterocycles. The zero-order valence-electron chi connectivity index (χ0n) is 12.8. The molecule has 1 heterocycles. The first-order chi connectivity index (χ1) is 11.1. The zero-order chi connectivity index (χ0) is 16.4. The van der Waals surface area contributed by atoms with Gasteiger partial charge < -0.3 is 16.4 Å². The molecule has 3 amide bonds. The average molecular weight is 320 g/mol. The molecule has 1 aromatic carbocycles. The third-order valence-electron chi connectivity index (χ3n) is 4.64. The van der Waals surface area contributed by atoms with Crippen LogP contribution in [-0.4, -0.2) is 37.6 Å². The van der Waals surface area contributed by atoms with Gasteiger partial charge in [0.25, 0.3) is 5.91 Å². The minimum atomic E-state index is -0.590. The molecule has 1 saturated heterocycles. The highest BCUT2D eigenvalue weighted by molar-refractivity contribution is 5.98. The molecule has 7 heteroatoms. The van der Waals surface area contributed by atoms with Crippen LogP contribution in [0.25, 0.3) is 0 Å². The molecule has 0 aromatic heterocycles. The fraction of sp³-hybridized carbons (Fsp3) is 0.500. The number of hydrogen-bond donors (Lipinski definition) is 3. The standard InChI is InChI=1S/C16H21FN4O2/c17-13-5-4-11(21-7-6-19-16(21)23)8-12(13)15(22)20-14-3-1-2-10(14)9-18/h4-5,8,10,14H,1-3,6-7,9,18H2,(H,19,23)(H,20,22)/t10-,14-/m1/s1. The van der Waals surface area contributed by atoms with Crippen molar-refractivity contribution in [2.24, 2.45) is 11.7 Å². The average Bonchev–Trinajstić information content (AvgIpc) is 3.16. The van der Waals surface area contributed by atoms with E-state index in [0.29, 0.717) is 25.3 Å². The van der Waals surface area contributed by atoms with Gasteiger partial charge in [0.1, 0.15) is 5.82 Å². The molecule has 0 unspecified atom stereocenters. The Hall–Kier alpha value is -2.15. The summed E-state index contributed by atoms with van der Waals surface area (Å²) in [6.07, 6.45) is 2.87. The van der Waals surface area contributed by atoms with Crippen molar-refractivity contribution in [1.82, 2.24) is 10.6 Å². The third kappa shape index (κ3) is 3.14. The number of anilines is 1. The third-order valence-corrected chi connectivity index (χ3v) is 4.64. The Morgan fingerprint density at radius 2 is 2.26 bits per heavy atom. The molecule has 2 fully saturated rings. The molecule has 0 bridgehead atoms. The van der Waals surface area contributed by atoms with Gasteiger partial charge in [-0.15, -0.1) is 0 Å². The molecule has 4 N–H and O–H groups in total. The summed E-state index contributed by atoms with van der Waals surface area (Å²) in [5, 5.41) is 5.57. The number of carbonyl (C=O) groups is 2. The van der Waals surface area contributed by atoms with Crippen molar-refractivity contribution < 1.29 is 14.0 Å². The number of benzene rings is 1. The summed E-state index contributed by atoms with van der Waals surface area (Å²) in [5.74, 6) is -0.794. The number of nitrogens with two attached hydrogens (primary N) is 1. The molecule has 2 atom stereocenters. The van der Waals surface area contributed by atoms with Crippen molar-refractivity contribution in [2.45, 2.75) is 25.3 Å². The highest BCUT2D eigenvalue weighted by atomic mass is 19.1. The molecule has 23 heavy (non-hydrogen) atoms. The van der Waals surface area contributed by atoms with Crippen molar-refractivity contribution >= 4 is 17.6 Å². The SMILES string of the molecule is NC[C@H]1CCC[C@H]1NC(=O)c1cc(N2CCNC2=O)ccc1F. The van der Waals surface area contributed by atoms with Gasteiger partial charge >= 0.3 is 6.03 Å². The van der Waals surface area contributed by atoms with Gasteiger partial charge in [0.15, 0.2) is 0 Å². The zero-order valence-corrected chi connectivity index (χ0v) is 12.8. The summed E-state index contributed by atoms with van der Waals surface area (Å²) in [5.41, 5.74) is 6.20. The second kappa shape index (κ2) is 6.54. The first-order valence-electron chi connectivity index (χ1n) is 7.96. The number of nitrogens with zero attached hydrogens (tertiary/aromatic N) is 1. The van der Waals surface area contributed by atoms with Crippen molar-refractivity contribution in [2.75, 3.05) is 24.5 Å². The Labute approximate surface area is 134 Å². The minimum Gasteiger partial charge on any atom is -0.349 e. The molecular weight excluding hydrogens is 299 g/mol. The number of halogens is 1. The summed E-state index contributed by atoms with van der Waals surface area (Å²) in [4.78, 5) is 25.6. The molecule has 124 valence electrons. The number of hydrogen-bond acceptors (Lipinski definition) is 3. The largest absolute Gasteiger partial charge is 0.349 e. The van der Waals surface area contributed by atoms with E-state index in [1.165, 1.54) is 23.1 Å². The maximum Gasteiger partial charge on any atom is 0.321 e. The smallest absolute Gasteiger partial charge is 0.321 e. The molecule has 6 nitrogen and oxygen atoms in total. The summed E-state index contributed by atoms with van der Waals surface area (Å²) >= 11 is 0. The van der Waals surface area contributed by atoms with Crippen molar-refractivity contribution in [3.8, 4) is 0 Å². The van der Waals surface area contributed by atoms with Crippen LogP contribution in [0.2, 0.25) is 0 Å². The van der Waals surface area contributed by atoms with Gasteiger partial charge in [-0.05, 0) is 43.5 Å². The van der Waals surface area contributed by atoms with Crippen LogP contribution in [0.1, 0.15) is 29.6 Å². The molecule has 2 aliphatic rings. The van der Waals surface area contributed by atoms with Crippen LogP contribution in [0.15, 0.2) is 18.2 Å². The van der Waals surface area contributed by atoms with Gasteiger partial charge in [-0.1, -0.05) is 6.42 Å². The lowest BCUT2D eigenvalue weighted by Gasteiger charge is -2.20. The fourth-order valence-electron chi connectivity index (χ4n) is 3.33. The predicted molar refractivity (Wildman–Crippen MR) is 84.8 cm³/mol. The summed E-state index contributed by atoms with van der Waals surface area (Å²) in [7, 11) is 0. The second-order valence-corrected chi connectivity index (χ2v) is 6.05. The Morgan fingerprint density at radius 3 is 2.96 bits per heavy atom. The number of carbonyl (C=O) groups excluding carboxylic acids is 2. The van der Waals surface area contributed by atoms with Gasteiger partial charge in [-0.3, -0.25) is 9.69 Å². The van der Waals surface area contributed by atoms with Gasteiger partial charge in [-0.2, -0.15) is 0 Å². The van der Waals surface area contributed by atoms with Gasteiger partial charge in [0.05, 0.1) is 5.56 Å². The maximum absolute atomic E-state index is 14.1. The monoisotopic (exact) mass is 320 g/mol. The van der Waals surface area contributed by atoms with Gasteiger partial charge in [0, 0.05) is 24.8 Å². The second-order valence-electron chi connectivity index (χ2n) is 6.05. The molecule has 0 radical (unpaired) electrons. The molecule has 1 saturated carbocycles. The molecule has 1 aromatic rings. The Morgan fingerprint density at radius 1 is 1.43 bits per heavy atom. The Balaban J connectivity index is 1.78. The molecular formula is C16H21FN4O2. The number of amides is 3. The van der Waals surface area contributed by atoms with Crippen molar-refractivity contribution in [3.63, 3.8) is 0 Å². The lowest BCUT2D eigenvalue weighted by atomic mass is 10.0. The van der Waals surface area contributed by atoms with Gasteiger partial charge in [-0.25, -0.2) is 9.18 Å². The first kappa shape index (κ1) is 15.7. The van der Waals surface area contributed by atoms with E-state index in [1.807, 2.05) is 0 Å². The number of urea groups is 1. The molecule has 3 rings (SSSR count). The van der Waals surface area contributed by atoms with E-state index in [-0.39, 0.29) is 23.6 Å². The quantitative estimate of drug-likeness (QED) is 0.779. The van der Waals surface area contributed by atoms with Crippen LogP contribution in [0.3, 0.4) is 0 Å². The number of nitrogens with one attached hydrogen (secondary N) is 2. The minimum absolute atomic E-state index is 0.00867. The van der Waals surface area contributed by atoms with Crippen molar-refractivity contribution in [1.29, 1.82) is 0 Å². The van der Waals surface area contributed by atoms with E-state index in [2.05, 4.69) is 10.6 Å².